The number of anilines is 1. The Kier molecular flexibility index (Phi) is 6.46. The number of carbonyl (C=O) groups excluding carboxylic acids is 1. The third-order valence-corrected chi connectivity index (χ3v) is 5.90. The van der Waals surface area contributed by atoms with Gasteiger partial charge in [-0.3, -0.25) is 4.79 Å². The van der Waals surface area contributed by atoms with Gasteiger partial charge in [-0.2, -0.15) is 0 Å². The zero-order valence-corrected chi connectivity index (χ0v) is 18.1. The topological polar surface area (TPSA) is 46.9 Å². The van der Waals surface area contributed by atoms with E-state index in [0.717, 1.165) is 48.9 Å². The molecule has 6 nitrogen and oxygen atoms in total. The van der Waals surface area contributed by atoms with Crippen LogP contribution in [-0.4, -0.2) is 55.8 Å². The van der Waals surface area contributed by atoms with Crippen LogP contribution in [0.3, 0.4) is 0 Å². The summed E-state index contributed by atoms with van der Waals surface area (Å²) in [6.07, 6.45) is 4.45. The lowest BCUT2D eigenvalue weighted by Gasteiger charge is -2.37. The second-order valence-electron chi connectivity index (χ2n) is 7.69. The molecule has 1 atom stereocenters. The molecule has 0 N–H and O–H groups in total. The highest BCUT2D eigenvalue weighted by atomic mass is 16.5. The number of hydrogen-bond donors (Lipinski definition) is 0. The number of amides is 1. The van der Waals surface area contributed by atoms with Gasteiger partial charge in [-0.15, -0.1) is 0 Å². The lowest BCUT2D eigenvalue weighted by Crippen LogP contribution is -2.49. The Bertz CT molecular complexity index is 978. The van der Waals surface area contributed by atoms with Crippen LogP contribution in [0, 0.1) is 0 Å². The summed E-state index contributed by atoms with van der Waals surface area (Å²) >= 11 is 0. The molecular weight excluding hydrogens is 390 g/mol. The van der Waals surface area contributed by atoms with Gasteiger partial charge in [0.05, 0.1) is 26.7 Å². The maximum atomic E-state index is 13.2. The van der Waals surface area contributed by atoms with Crippen LogP contribution < -0.4 is 14.4 Å². The summed E-state index contributed by atoms with van der Waals surface area (Å²) in [4.78, 5) is 17.5. The molecule has 2 aromatic carbocycles. The molecule has 3 aromatic rings. The smallest absolute Gasteiger partial charge is 0.225 e. The van der Waals surface area contributed by atoms with Crippen molar-refractivity contribution in [1.29, 1.82) is 0 Å². The molecule has 0 radical (unpaired) electrons. The van der Waals surface area contributed by atoms with Gasteiger partial charge in [0, 0.05) is 44.3 Å². The Morgan fingerprint density at radius 1 is 0.871 bits per heavy atom. The molecule has 1 unspecified atom stereocenters. The van der Waals surface area contributed by atoms with Crippen molar-refractivity contribution in [2.45, 2.75) is 12.5 Å². The fourth-order valence-electron chi connectivity index (χ4n) is 4.10. The van der Waals surface area contributed by atoms with Crippen LogP contribution in [0.15, 0.2) is 73.1 Å². The highest BCUT2D eigenvalue weighted by molar-refractivity contribution is 5.77. The van der Waals surface area contributed by atoms with E-state index >= 15 is 0 Å². The Morgan fingerprint density at radius 2 is 1.55 bits per heavy atom. The van der Waals surface area contributed by atoms with Crippen molar-refractivity contribution < 1.29 is 14.3 Å². The number of methoxy groups -OCH3 is 2. The van der Waals surface area contributed by atoms with Crippen molar-refractivity contribution in [3.63, 3.8) is 0 Å². The van der Waals surface area contributed by atoms with Crippen LogP contribution in [0.25, 0.3) is 0 Å². The maximum Gasteiger partial charge on any atom is 0.225 e. The third kappa shape index (κ3) is 4.85. The molecule has 1 aromatic heterocycles. The van der Waals surface area contributed by atoms with Crippen LogP contribution in [0.4, 0.5) is 5.69 Å². The quantitative estimate of drug-likeness (QED) is 0.584. The molecule has 31 heavy (non-hydrogen) atoms. The van der Waals surface area contributed by atoms with Gasteiger partial charge >= 0.3 is 0 Å². The van der Waals surface area contributed by atoms with Gasteiger partial charge in [0.15, 0.2) is 0 Å². The molecule has 4 rings (SSSR count). The third-order valence-electron chi connectivity index (χ3n) is 5.90. The number of piperazine rings is 1. The van der Waals surface area contributed by atoms with Gasteiger partial charge in [0.25, 0.3) is 0 Å². The van der Waals surface area contributed by atoms with Gasteiger partial charge in [0.2, 0.25) is 5.91 Å². The summed E-state index contributed by atoms with van der Waals surface area (Å²) in [6.45, 7) is 3.10. The minimum atomic E-state index is -0.0581. The molecule has 1 saturated heterocycles. The Labute approximate surface area is 183 Å². The van der Waals surface area contributed by atoms with E-state index in [2.05, 4.69) is 27.7 Å². The molecule has 162 valence electrons. The predicted octanol–water partition coefficient (Wildman–Crippen LogP) is 3.83. The van der Waals surface area contributed by atoms with E-state index in [1.165, 1.54) is 0 Å². The molecule has 0 spiro atoms. The summed E-state index contributed by atoms with van der Waals surface area (Å²) in [5.41, 5.74) is 2.23. The van der Waals surface area contributed by atoms with Crippen LogP contribution in [0.1, 0.15) is 18.0 Å². The van der Waals surface area contributed by atoms with Crippen LogP contribution in [-0.2, 0) is 4.79 Å². The monoisotopic (exact) mass is 419 g/mol. The van der Waals surface area contributed by atoms with Gasteiger partial charge in [0.1, 0.15) is 11.5 Å². The molecule has 1 aliphatic heterocycles. The number of nitrogens with zero attached hydrogens (tertiary/aromatic N) is 3. The van der Waals surface area contributed by atoms with Crippen LogP contribution in [0.2, 0.25) is 0 Å². The van der Waals surface area contributed by atoms with E-state index in [-0.39, 0.29) is 11.9 Å². The van der Waals surface area contributed by atoms with Crippen LogP contribution >= 0.6 is 0 Å². The second-order valence-corrected chi connectivity index (χ2v) is 7.69. The Morgan fingerprint density at radius 3 is 2.19 bits per heavy atom. The normalized spacial score (nSPS) is 14.9. The summed E-state index contributed by atoms with van der Waals surface area (Å²) in [7, 11) is 3.34. The van der Waals surface area contributed by atoms with Crippen molar-refractivity contribution >= 4 is 11.6 Å². The van der Waals surface area contributed by atoms with Crippen molar-refractivity contribution in [2.24, 2.45) is 0 Å². The fourth-order valence-corrected chi connectivity index (χ4v) is 4.10. The van der Waals surface area contributed by atoms with E-state index in [1.54, 1.807) is 14.2 Å². The number of aromatic nitrogens is 1. The first-order valence-corrected chi connectivity index (χ1v) is 10.6. The predicted molar refractivity (Wildman–Crippen MR) is 122 cm³/mol. The maximum absolute atomic E-state index is 13.2. The van der Waals surface area contributed by atoms with E-state index in [9.17, 15) is 4.79 Å². The highest BCUT2D eigenvalue weighted by Gasteiger charge is 2.25. The Balaban J connectivity index is 1.42. The van der Waals surface area contributed by atoms with Crippen molar-refractivity contribution in [3.05, 3.63) is 78.6 Å². The first-order valence-electron chi connectivity index (χ1n) is 10.6. The second kappa shape index (κ2) is 9.60. The van der Waals surface area contributed by atoms with Crippen LogP contribution in [0.5, 0.6) is 11.5 Å². The zero-order chi connectivity index (χ0) is 21.6. The molecule has 1 fully saturated rings. The van der Waals surface area contributed by atoms with Gasteiger partial charge < -0.3 is 23.8 Å². The lowest BCUT2D eigenvalue weighted by atomic mass is 10.0. The largest absolute Gasteiger partial charge is 0.497 e. The Hall–Kier alpha value is -3.41. The summed E-state index contributed by atoms with van der Waals surface area (Å²) < 4.78 is 12.7. The van der Waals surface area contributed by atoms with Gasteiger partial charge in [-0.25, -0.2) is 0 Å². The first kappa shape index (κ1) is 20.8. The number of carbonyl (C=O) groups is 1. The molecular formula is C25H29N3O3. The lowest BCUT2D eigenvalue weighted by molar-refractivity contribution is -0.132. The van der Waals surface area contributed by atoms with E-state index < -0.39 is 0 Å². The SMILES string of the molecule is COc1ccc(N2CCN(C(=O)CC(c3cccc(OC)c3)n3cccc3)CC2)cc1. The van der Waals surface area contributed by atoms with E-state index in [4.69, 9.17) is 9.47 Å². The number of rotatable bonds is 7. The van der Waals surface area contributed by atoms with Gasteiger partial charge in [-0.05, 0) is 54.1 Å². The van der Waals surface area contributed by atoms with Gasteiger partial charge in [-0.1, -0.05) is 12.1 Å². The first-order chi connectivity index (χ1) is 15.2. The summed E-state index contributed by atoms with van der Waals surface area (Å²) in [5, 5.41) is 0. The van der Waals surface area contributed by atoms with E-state index in [1.807, 2.05) is 59.8 Å². The number of benzene rings is 2. The minimum Gasteiger partial charge on any atom is -0.497 e. The number of hydrogen-bond acceptors (Lipinski definition) is 4. The molecule has 0 bridgehead atoms. The average molecular weight is 420 g/mol. The van der Waals surface area contributed by atoms with E-state index in [0.29, 0.717) is 6.42 Å². The molecule has 0 saturated carbocycles. The molecule has 0 aliphatic carbocycles. The van der Waals surface area contributed by atoms with Crippen molar-refractivity contribution in [3.8, 4) is 11.5 Å². The molecule has 1 aliphatic rings. The number of ether oxygens (including phenoxy) is 2. The summed E-state index contributed by atoms with van der Waals surface area (Å²) in [6, 6.07) is 20.0. The van der Waals surface area contributed by atoms with Crippen molar-refractivity contribution in [2.75, 3.05) is 45.3 Å². The standard InChI is InChI=1S/C25H29N3O3/c1-30-22-10-8-21(9-11-22)26-14-16-28(17-15-26)25(29)19-24(27-12-3-4-13-27)20-6-5-7-23(18-20)31-2/h3-13,18,24H,14-17,19H2,1-2H3. The molecule has 1 amide bonds. The molecule has 6 heteroatoms. The average Bonchev–Trinajstić information content (AvgIpc) is 3.37. The zero-order valence-electron chi connectivity index (χ0n) is 18.1. The molecule has 2 heterocycles. The minimum absolute atomic E-state index is 0.0581. The fraction of sp³-hybridized carbons (Fsp3) is 0.320. The summed E-state index contributed by atoms with van der Waals surface area (Å²) in [5.74, 6) is 1.83. The highest BCUT2D eigenvalue weighted by Crippen LogP contribution is 2.27. The van der Waals surface area contributed by atoms with Crippen molar-refractivity contribution in [1.82, 2.24) is 9.47 Å².